The van der Waals surface area contributed by atoms with E-state index >= 15 is 0 Å². The fourth-order valence-corrected chi connectivity index (χ4v) is 2.59. The summed E-state index contributed by atoms with van der Waals surface area (Å²) in [7, 11) is 1.72. The topological polar surface area (TPSA) is 60.2 Å². The van der Waals surface area contributed by atoms with E-state index in [2.05, 4.69) is 31.2 Å². The minimum Gasteiger partial charge on any atom is -0.379 e. The molecule has 0 radical (unpaired) electrons. The van der Waals surface area contributed by atoms with Crippen molar-refractivity contribution in [1.82, 2.24) is 10.4 Å². The molecule has 4 nitrogen and oxygen atoms in total. The Hall–Kier alpha value is -0.490. The summed E-state index contributed by atoms with van der Waals surface area (Å²) in [6, 6.07) is 0.0798. The molecule has 92 valence electrons. The number of nitrogens with zero attached hydrogens (tertiary/aromatic N) is 1. The zero-order valence-electron chi connectivity index (χ0n) is 10.4. The highest BCUT2D eigenvalue weighted by Gasteiger charge is 2.32. The van der Waals surface area contributed by atoms with Crippen molar-refractivity contribution in [3.05, 3.63) is 16.6 Å². The average Bonchev–Trinajstić information content (AvgIpc) is 2.67. The van der Waals surface area contributed by atoms with Crippen molar-refractivity contribution in [3.8, 4) is 0 Å². The van der Waals surface area contributed by atoms with Crippen LogP contribution in [0.2, 0.25) is 0 Å². The molecule has 16 heavy (non-hydrogen) atoms. The molecular weight excluding hydrogens is 222 g/mol. The van der Waals surface area contributed by atoms with Crippen molar-refractivity contribution in [2.45, 2.75) is 39.3 Å². The van der Waals surface area contributed by atoms with Crippen LogP contribution in [0.5, 0.6) is 0 Å². The lowest BCUT2D eigenvalue weighted by atomic mass is 9.83. The second-order valence-electron chi connectivity index (χ2n) is 4.93. The molecule has 1 aromatic heterocycles. The van der Waals surface area contributed by atoms with Crippen LogP contribution in [0.15, 0.2) is 11.6 Å². The number of hydrazine groups is 1. The number of thiazole rings is 1. The number of hydrogen-bond acceptors (Lipinski definition) is 5. The number of aromatic nitrogens is 1. The Kier molecular flexibility index (Phi) is 4.86. The lowest BCUT2D eigenvalue weighted by Gasteiger charge is -2.35. The zero-order chi connectivity index (χ0) is 12.2. The summed E-state index contributed by atoms with van der Waals surface area (Å²) in [5.74, 6) is 5.61. The van der Waals surface area contributed by atoms with Gasteiger partial charge in [0.15, 0.2) is 0 Å². The summed E-state index contributed by atoms with van der Waals surface area (Å²) in [5.41, 5.74) is 2.88. The van der Waals surface area contributed by atoms with Gasteiger partial charge in [0.2, 0.25) is 0 Å². The van der Waals surface area contributed by atoms with Crippen LogP contribution in [-0.2, 0) is 11.2 Å². The minimum absolute atomic E-state index is 0.0447. The molecule has 1 rings (SSSR count). The third-order valence-electron chi connectivity index (χ3n) is 2.57. The molecule has 0 aromatic carbocycles. The maximum atomic E-state index is 5.61. The number of nitrogens with two attached hydrogens (primary N) is 1. The smallest absolute Gasteiger partial charge is 0.0941 e. The number of hydrogen-bond donors (Lipinski definition) is 2. The Labute approximate surface area is 101 Å². The highest BCUT2D eigenvalue weighted by atomic mass is 32.1. The van der Waals surface area contributed by atoms with Crippen molar-refractivity contribution in [2.75, 3.05) is 7.11 Å². The number of nitrogens with one attached hydrogen (secondary N) is 1. The molecule has 0 fully saturated rings. The van der Waals surface area contributed by atoms with E-state index in [1.54, 1.807) is 18.4 Å². The summed E-state index contributed by atoms with van der Waals surface area (Å²) in [4.78, 5) is 4.27. The zero-order valence-corrected chi connectivity index (χ0v) is 11.2. The quantitative estimate of drug-likeness (QED) is 0.609. The Morgan fingerprint density at radius 1 is 1.56 bits per heavy atom. The van der Waals surface area contributed by atoms with Crippen LogP contribution < -0.4 is 11.3 Å². The molecule has 3 N–H and O–H groups in total. The van der Waals surface area contributed by atoms with Gasteiger partial charge in [0.05, 0.1) is 17.2 Å². The van der Waals surface area contributed by atoms with Gasteiger partial charge in [0, 0.05) is 25.1 Å². The Morgan fingerprint density at radius 2 is 2.25 bits per heavy atom. The Balaban J connectivity index is 2.72. The molecule has 5 heteroatoms. The predicted octanol–water partition coefficient (Wildman–Crippen LogP) is 1.58. The molecule has 2 unspecified atom stereocenters. The highest BCUT2D eigenvalue weighted by Crippen LogP contribution is 2.26. The Morgan fingerprint density at radius 3 is 2.62 bits per heavy atom. The van der Waals surface area contributed by atoms with Crippen molar-refractivity contribution in [1.29, 1.82) is 0 Å². The molecule has 2 atom stereocenters. The monoisotopic (exact) mass is 243 g/mol. The van der Waals surface area contributed by atoms with Gasteiger partial charge in [-0.1, -0.05) is 20.8 Å². The summed E-state index contributed by atoms with van der Waals surface area (Å²) in [6.07, 6.45) is 2.66. The van der Waals surface area contributed by atoms with Crippen LogP contribution in [0, 0.1) is 5.41 Å². The molecule has 0 amide bonds. The third-order valence-corrected chi connectivity index (χ3v) is 3.37. The van der Waals surface area contributed by atoms with E-state index in [0.29, 0.717) is 0 Å². The van der Waals surface area contributed by atoms with Crippen LogP contribution in [0.4, 0.5) is 0 Å². The van der Waals surface area contributed by atoms with Gasteiger partial charge in [0.25, 0.3) is 0 Å². The molecule has 0 aliphatic heterocycles. The van der Waals surface area contributed by atoms with Crippen molar-refractivity contribution < 1.29 is 4.74 Å². The van der Waals surface area contributed by atoms with Crippen LogP contribution in [0.25, 0.3) is 0 Å². The van der Waals surface area contributed by atoms with E-state index in [1.807, 2.05) is 11.6 Å². The first-order valence-corrected chi connectivity index (χ1v) is 6.24. The molecule has 0 bridgehead atoms. The second-order valence-corrected chi connectivity index (χ2v) is 5.90. The first-order valence-electron chi connectivity index (χ1n) is 5.36. The maximum absolute atomic E-state index is 5.61. The normalized spacial score (nSPS) is 16.1. The van der Waals surface area contributed by atoms with E-state index in [4.69, 9.17) is 10.6 Å². The van der Waals surface area contributed by atoms with Gasteiger partial charge in [-0.15, -0.1) is 11.3 Å². The fraction of sp³-hybridized carbons (Fsp3) is 0.727. The lowest BCUT2D eigenvalue weighted by molar-refractivity contribution is -0.0110. The van der Waals surface area contributed by atoms with Crippen LogP contribution >= 0.6 is 11.3 Å². The SMILES string of the molecule is COC(C(Cc1nccs1)NN)C(C)(C)C. The minimum atomic E-state index is 0.0447. The van der Waals surface area contributed by atoms with Crippen LogP contribution in [0.3, 0.4) is 0 Å². The summed E-state index contributed by atoms with van der Waals surface area (Å²) >= 11 is 1.64. The summed E-state index contributed by atoms with van der Waals surface area (Å²) in [6.45, 7) is 6.44. The number of rotatable bonds is 5. The third kappa shape index (κ3) is 3.52. The first kappa shape index (κ1) is 13.6. The fourth-order valence-electron chi connectivity index (χ4n) is 1.92. The van der Waals surface area contributed by atoms with E-state index in [9.17, 15) is 0 Å². The van der Waals surface area contributed by atoms with Gasteiger partial charge in [0.1, 0.15) is 0 Å². The molecule has 1 heterocycles. The number of ether oxygens (including phenoxy) is 1. The molecule has 0 saturated heterocycles. The van der Waals surface area contributed by atoms with E-state index in [1.165, 1.54) is 0 Å². The lowest BCUT2D eigenvalue weighted by Crippen LogP contribution is -2.51. The van der Waals surface area contributed by atoms with E-state index in [-0.39, 0.29) is 17.6 Å². The van der Waals surface area contributed by atoms with Crippen molar-refractivity contribution in [3.63, 3.8) is 0 Å². The number of methoxy groups -OCH3 is 1. The first-order chi connectivity index (χ1) is 7.49. The molecular formula is C11H21N3OS. The largest absolute Gasteiger partial charge is 0.379 e. The predicted molar refractivity (Wildman–Crippen MR) is 67.2 cm³/mol. The second kappa shape index (κ2) is 5.72. The maximum Gasteiger partial charge on any atom is 0.0941 e. The van der Waals surface area contributed by atoms with Gasteiger partial charge < -0.3 is 4.74 Å². The van der Waals surface area contributed by atoms with Gasteiger partial charge in [-0.05, 0) is 5.41 Å². The van der Waals surface area contributed by atoms with Crippen LogP contribution in [-0.4, -0.2) is 24.2 Å². The molecule has 0 saturated carbocycles. The Bertz CT molecular complexity index is 295. The van der Waals surface area contributed by atoms with Gasteiger partial charge in [-0.2, -0.15) is 0 Å². The summed E-state index contributed by atoms with van der Waals surface area (Å²) < 4.78 is 5.55. The van der Waals surface area contributed by atoms with E-state index < -0.39 is 0 Å². The van der Waals surface area contributed by atoms with Gasteiger partial charge >= 0.3 is 0 Å². The molecule has 1 aromatic rings. The van der Waals surface area contributed by atoms with E-state index in [0.717, 1.165) is 11.4 Å². The molecule has 0 aliphatic rings. The van der Waals surface area contributed by atoms with Crippen molar-refractivity contribution >= 4 is 11.3 Å². The van der Waals surface area contributed by atoms with Gasteiger partial charge in [-0.25, -0.2) is 4.98 Å². The molecule has 0 spiro atoms. The van der Waals surface area contributed by atoms with Crippen LogP contribution in [0.1, 0.15) is 25.8 Å². The summed E-state index contributed by atoms with van der Waals surface area (Å²) in [5, 5.41) is 3.05. The standard InChI is InChI=1S/C11H21N3OS/c1-11(2,3)10(15-4)8(14-12)7-9-13-5-6-16-9/h5-6,8,10,14H,7,12H2,1-4H3. The molecule has 0 aliphatic carbocycles. The highest BCUT2D eigenvalue weighted by molar-refractivity contribution is 7.09. The average molecular weight is 243 g/mol. The van der Waals surface area contributed by atoms with Crippen molar-refractivity contribution in [2.24, 2.45) is 11.3 Å². The van der Waals surface area contributed by atoms with Gasteiger partial charge in [-0.3, -0.25) is 11.3 Å².